The van der Waals surface area contributed by atoms with Gasteiger partial charge in [-0.15, -0.1) is 5.10 Å². The second kappa shape index (κ2) is 7.28. The van der Waals surface area contributed by atoms with Gasteiger partial charge in [0, 0.05) is 26.1 Å². The van der Waals surface area contributed by atoms with Crippen LogP contribution in [0.4, 0.5) is 0 Å². The lowest BCUT2D eigenvalue weighted by molar-refractivity contribution is 0.0995. The number of aromatic amines is 1. The highest BCUT2D eigenvalue weighted by atomic mass is 16.1. The number of primary amides is 1. The van der Waals surface area contributed by atoms with Gasteiger partial charge in [0.15, 0.2) is 5.69 Å². The average Bonchev–Trinajstić information content (AvgIpc) is 3.17. The van der Waals surface area contributed by atoms with Crippen LogP contribution in [0.2, 0.25) is 0 Å². The van der Waals surface area contributed by atoms with Crippen LogP contribution in [0, 0.1) is 0 Å². The van der Waals surface area contributed by atoms with Crippen LogP contribution in [-0.2, 0) is 6.42 Å². The molecule has 2 aromatic heterocycles. The number of rotatable bonds is 5. The molecule has 0 unspecified atom stereocenters. The van der Waals surface area contributed by atoms with Gasteiger partial charge in [0.1, 0.15) is 5.82 Å². The van der Waals surface area contributed by atoms with Gasteiger partial charge in [0.2, 0.25) is 0 Å². The lowest BCUT2D eigenvalue weighted by Crippen LogP contribution is -2.36. The Balaban J connectivity index is 1.34. The third-order valence-corrected chi connectivity index (χ3v) is 5.02. The molecule has 1 fully saturated rings. The Morgan fingerprint density at radius 1 is 1.26 bits per heavy atom. The summed E-state index contributed by atoms with van der Waals surface area (Å²) in [6.45, 7) is 2.65. The van der Waals surface area contributed by atoms with Crippen molar-refractivity contribution in [1.82, 2.24) is 29.9 Å². The zero-order valence-corrected chi connectivity index (χ0v) is 14.8. The largest absolute Gasteiger partial charge is 0.364 e. The van der Waals surface area contributed by atoms with E-state index in [1.807, 2.05) is 18.2 Å². The normalized spacial score (nSPS) is 16.0. The standard InChI is InChI=1S/C18H21N7O2/c19-17(26)15-11-25(23-22-15)12-5-8-24(9-6-12)10-7-16-20-14-4-2-1-3-13(14)18(27)21-16/h1-4,11-12H,5-10H2,(H2,19,26)(H,20,21,27). The van der Waals surface area contributed by atoms with E-state index in [0.717, 1.165) is 38.0 Å². The first-order valence-corrected chi connectivity index (χ1v) is 9.02. The van der Waals surface area contributed by atoms with Crippen LogP contribution in [0.25, 0.3) is 10.9 Å². The summed E-state index contributed by atoms with van der Waals surface area (Å²) in [5, 5.41) is 8.43. The van der Waals surface area contributed by atoms with Gasteiger partial charge in [0.05, 0.1) is 23.1 Å². The quantitative estimate of drug-likeness (QED) is 0.677. The van der Waals surface area contributed by atoms with Crippen LogP contribution >= 0.6 is 0 Å². The van der Waals surface area contributed by atoms with Crippen molar-refractivity contribution in [3.05, 3.63) is 52.3 Å². The summed E-state index contributed by atoms with van der Waals surface area (Å²) in [6.07, 6.45) is 4.15. The van der Waals surface area contributed by atoms with Crippen molar-refractivity contribution in [3.63, 3.8) is 0 Å². The number of hydrogen-bond acceptors (Lipinski definition) is 6. The number of carbonyl (C=O) groups excluding carboxylic acids is 1. The first kappa shape index (κ1) is 17.3. The van der Waals surface area contributed by atoms with Crippen LogP contribution in [-0.4, -0.2) is 55.4 Å². The number of piperidine rings is 1. The lowest BCUT2D eigenvalue weighted by Gasteiger charge is -2.31. The zero-order chi connectivity index (χ0) is 18.8. The van der Waals surface area contributed by atoms with Gasteiger partial charge in [-0.3, -0.25) is 9.59 Å². The van der Waals surface area contributed by atoms with E-state index in [1.165, 1.54) is 0 Å². The maximum atomic E-state index is 12.1. The molecule has 27 heavy (non-hydrogen) atoms. The third-order valence-electron chi connectivity index (χ3n) is 5.02. The fraction of sp³-hybridized carbons (Fsp3) is 0.389. The number of amides is 1. The van der Waals surface area contributed by atoms with E-state index < -0.39 is 5.91 Å². The molecule has 4 rings (SSSR count). The van der Waals surface area contributed by atoms with E-state index >= 15 is 0 Å². The Hall–Kier alpha value is -3.07. The molecule has 9 nitrogen and oxygen atoms in total. The number of fused-ring (bicyclic) bond motifs is 1. The molecule has 3 heterocycles. The molecule has 0 aliphatic carbocycles. The Morgan fingerprint density at radius 3 is 2.78 bits per heavy atom. The van der Waals surface area contributed by atoms with Crippen LogP contribution in [0.5, 0.6) is 0 Å². The minimum atomic E-state index is -0.560. The zero-order valence-electron chi connectivity index (χ0n) is 14.8. The summed E-state index contributed by atoms with van der Waals surface area (Å²) < 4.78 is 1.74. The number of para-hydroxylation sites is 1. The maximum Gasteiger partial charge on any atom is 0.270 e. The second-order valence-electron chi connectivity index (χ2n) is 6.80. The molecule has 0 radical (unpaired) electrons. The summed E-state index contributed by atoms with van der Waals surface area (Å²) in [6, 6.07) is 7.59. The van der Waals surface area contributed by atoms with Crippen molar-refractivity contribution >= 4 is 16.8 Å². The lowest BCUT2D eigenvalue weighted by atomic mass is 10.1. The Bertz CT molecular complexity index is 1020. The van der Waals surface area contributed by atoms with Crippen molar-refractivity contribution < 1.29 is 4.79 Å². The Kier molecular flexibility index (Phi) is 4.68. The second-order valence-corrected chi connectivity index (χ2v) is 6.80. The molecule has 1 aliphatic rings. The predicted molar refractivity (Wildman–Crippen MR) is 99.3 cm³/mol. The van der Waals surface area contributed by atoms with Gasteiger partial charge in [-0.1, -0.05) is 17.3 Å². The molecule has 3 aromatic rings. The number of benzene rings is 1. The van der Waals surface area contributed by atoms with Gasteiger partial charge in [0.25, 0.3) is 11.5 Å². The van der Waals surface area contributed by atoms with Crippen LogP contribution in [0.3, 0.4) is 0 Å². The summed E-state index contributed by atoms with van der Waals surface area (Å²) in [5.41, 5.74) is 6.06. The number of hydrogen-bond donors (Lipinski definition) is 2. The van der Waals surface area contributed by atoms with Crippen molar-refractivity contribution in [2.24, 2.45) is 5.73 Å². The average molecular weight is 367 g/mol. The van der Waals surface area contributed by atoms with Crippen molar-refractivity contribution in [1.29, 1.82) is 0 Å². The summed E-state index contributed by atoms with van der Waals surface area (Å²) in [5.74, 6) is 0.152. The molecule has 0 bridgehead atoms. The fourth-order valence-corrected chi connectivity index (χ4v) is 3.49. The monoisotopic (exact) mass is 367 g/mol. The van der Waals surface area contributed by atoms with Gasteiger partial charge in [-0.05, 0) is 25.0 Å². The molecule has 1 aliphatic heterocycles. The minimum Gasteiger partial charge on any atom is -0.364 e. The summed E-state index contributed by atoms with van der Waals surface area (Å²) in [7, 11) is 0. The molecule has 1 amide bonds. The van der Waals surface area contributed by atoms with Gasteiger partial charge in [-0.25, -0.2) is 9.67 Å². The van der Waals surface area contributed by atoms with Crippen molar-refractivity contribution in [2.75, 3.05) is 19.6 Å². The van der Waals surface area contributed by atoms with Gasteiger partial charge >= 0.3 is 0 Å². The van der Waals surface area contributed by atoms with Gasteiger partial charge in [-0.2, -0.15) is 0 Å². The maximum absolute atomic E-state index is 12.1. The third kappa shape index (κ3) is 3.72. The van der Waals surface area contributed by atoms with E-state index in [4.69, 9.17) is 5.73 Å². The van der Waals surface area contributed by atoms with E-state index in [-0.39, 0.29) is 17.3 Å². The van der Waals surface area contributed by atoms with Crippen molar-refractivity contribution in [3.8, 4) is 0 Å². The molecule has 140 valence electrons. The van der Waals surface area contributed by atoms with Crippen LogP contribution < -0.4 is 11.3 Å². The Morgan fingerprint density at radius 2 is 2.04 bits per heavy atom. The van der Waals surface area contributed by atoms with Crippen LogP contribution in [0.1, 0.15) is 35.2 Å². The summed E-state index contributed by atoms with van der Waals surface area (Å²) in [4.78, 5) is 33.1. The number of aromatic nitrogens is 5. The molecule has 3 N–H and O–H groups in total. The van der Waals surface area contributed by atoms with E-state index in [9.17, 15) is 9.59 Å². The number of nitrogens with zero attached hydrogens (tertiary/aromatic N) is 5. The Labute approximate surface area is 155 Å². The predicted octanol–water partition coefficient (Wildman–Crippen LogP) is 0.493. The first-order chi connectivity index (χ1) is 13.1. The van der Waals surface area contributed by atoms with E-state index in [1.54, 1.807) is 16.9 Å². The SMILES string of the molecule is NC(=O)c1cn(C2CCN(CCc3nc4ccccc4c(=O)[nH]3)CC2)nn1. The fourth-order valence-electron chi connectivity index (χ4n) is 3.49. The highest BCUT2D eigenvalue weighted by Crippen LogP contribution is 2.21. The van der Waals surface area contributed by atoms with E-state index in [2.05, 4.69) is 25.2 Å². The number of nitrogens with two attached hydrogens (primary N) is 1. The number of H-pyrrole nitrogens is 1. The highest BCUT2D eigenvalue weighted by molar-refractivity contribution is 5.90. The van der Waals surface area contributed by atoms with Crippen molar-refractivity contribution in [2.45, 2.75) is 25.3 Å². The number of likely N-dealkylation sites (tertiary alicyclic amines) is 1. The molecular formula is C18H21N7O2. The number of nitrogens with one attached hydrogen (secondary N) is 1. The highest BCUT2D eigenvalue weighted by Gasteiger charge is 2.22. The minimum absolute atomic E-state index is 0.0919. The first-order valence-electron chi connectivity index (χ1n) is 9.02. The van der Waals surface area contributed by atoms with Gasteiger partial charge < -0.3 is 15.6 Å². The molecule has 9 heteroatoms. The molecule has 0 atom stereocenters. The molecule has 0 spiro atoms. The molecule has 0 saturated carbocycles. The topological polar surface area (TPSA) is 123 Å². The molecular weight excluding hydrogens is 346 g/mol. The molecule has 1 aromatic carbocycles. The molecule has 1 saturated heterocycles. The summed E-state index contributed by atoms with van der Waals surface area (Å²) >= 11 is 0. The smallest absolute Gasteiger partial charge is 0.270 e. The van der Waals surface area contributed by atoms with E-state index in [0.29, 0.717) is 17.6 Å². The number of carbonyl (C=O) groups is 1. The van der Waals surface area contributed by atoms with Crippen LogP contribution in [0.15, 0.2) is 35.3 Å².